The molecule has 1 saturated heterocycles. The molecule has 1 aromatic rings. The first-order chi connectivity index (χ1) is 10.6. The van der Waals surface area contributed by atoms with Crippen LogP contribution in [0.2, 0.25) is 0 Å². The lowest BCUT2D eigenvalue weighted by Gasteiger charge is -2.31. The molecule has 6 heteroatoms. The number of rotatable bonds is 4. The van der Waals surface area contributed by atoms with Crippen LogP contribution in [0, 0.1) is 5.92 Å². The number of benzene rings is 1. The number of nitrogens with one attached hydrogen (secondary N) is 2. The van der Waals surface area contributed by atoms with E-state index in [0.29, 0.717) is 38.2 Å². The molecule has 0 unspecified atom stereocenters. The lowest BCUT2D eigenvalue weighted by Crippen LogP contribution is -2.44. The quantitative estimate of drug-likeness (QED) is 0.894. The Kier molecular flexibility index (Phi) is 5.63. The largest absolute Gasteiger partial charge is 0.494 e. The maximum Gasteiger partial charge on any atom is 0.321 e. The van der Waals surface area contributed by atoms with E-state index in [4.69, 9.17) is 4.74 Å². The monoisotopic (exact) mass is 305 g/mol. The predicted molar refractivity (Wildman–Crippen MR) is 85.0 cm³/mol. The molecule has 120 valence electrons. The standard InChI is InChI=1S/C16H23N3O3/c1-3-22-14-6-4-5-13(11-14)18-16(21)19-9-7-12(8-10-19)15(20)17-2/h4-6,11-12H,3,7-10H2,1-2H3,(H,17,20)(H,18,21). The van der Waals surface area contributed by atoms with E-state index < -0.39 is 0 Å². The van der Waals surface area contributed by atoms with Crippen LogP contribution in [0.5, 0.6) is 5.75 Å². The Bertz CT molecular complexity index is 525. The number of amides is 3. The second kappa shape index (κ2) is 7.68. The van der Waals surface area contributed by atoms with Gasteiger partial charge in [-0.3, -0.25) is 4.79 Å². The van der Waals surface area contributed by atoms with E-state index in [2.05, 4.69) is 10.6 Å². The van der Waals surface area contributed by atoms with E-state index in [-0.39, 0.29) is 17.9 Å². The highest BCUT2D eigenvalue weighted by molar-refractivity contribution is 5.89. The minimum Gasteiger partial charge on any atom is -0.494 e. The summed E-state index contributed by atoms with van der Waals surface area (Å²) >= 11 is 0. The van der Waals surface area contributed by atoms with Gasteiger partial charge in [0.15, 0.2) is 0 Å². The normalized spacial score (nSPS) is 15.3. The fourth-order valence-corrected chi connectivity index (χ4v) is 2.58. The summed E-state index contributed by atoms with van der Waals surface area (Å²) in [4.78, 5) is 25.6. The predicted octanol–water partition coefficient (Wildman–Crippen LogP) is 2.08. The zero-order chi connectivity index (χ0) is 15.9. The highest BCUT2D eigenvalue weighted by atomic mass is 16.5. The summed E-state index contributed by atoms with van der Waals surface area (Å²) in [6, 6.07) is 7.20. The Labute approximate surface area is 130 Å². The summed E-state index contributed by atoms with van der Waals surface area (Å²) in [7, 11) is 1.65. The molecule has 1 aromatic carbocycles. The minimum absolute atomic E-state index is 0.00957. The van der Waals surface area contributed by atoms with Crippen LogP contribution in [0.15, 0.2) is 24.3 Å². The molecule has 0 atom stereocenters. The number of hydrogen-bond donors (Lipinski definition) is 2. The van der Waals surface area contributed by atoms with E-state index in [9.17, 15) is 9.59 Å². The molecule has 0 saturated carbocycles. The number of likely N-dealkylation sites (tertiary alicyclic amines) is 1. The molecule has 22 heavy (non-hydrogen) atoms. The van der Waals surface area contributed by atoms with Crippen molar-refractivity contribution < 1.29 is 14.3 Å². The number of urea groups is 1. The first-order valence-electron chi connectivity index (χ1n) is 7.64. The van der Waals surface area contributed by atoms with Crippen LogP contribution in [-0.4, -0.2) is 43.6 Å². The average Bonchev–Trinajstić information content (AvgIpc) is 2.55. The van der Waals surface area contributed by atoms with Crippen molar-refractivity contribution in [3.8, 4) is 5.75 Å². The fourth-order valence-electron chi connectivity index (χ4n) is 2.58. The van der Waals surface area contributed by atoms with Crippen LogP contribution >= 0.6 is 0 Å². The van der Waals surface area contributed by atoms with Crippen LogP contribution in [-0.2, 0) is 4.79 Å². The van der Waals surface area contributed by atoms with E-state index in [1.165, 1.54) is 0 Å². The van der Waals surface area contributed by atoms with Crippen molar-refractivity contribution in [2.75, 3.05) is 32.1 Å². The summed E-state index contributed by atoms with van der Waals surface area (Å²) in [6.07, 6.45) is 1.40. The number of anilines is 1. The van der Waals surface area contributed by atoms with E-state index in [1.807, 2.05) is 25.1 Å². The van der Waals surface area contributed by atoms with Gasteiger partial charge in [-0.15, -0.1) is 0 Å². The lowest BCUT2D eigenvalue weighted by atomic mass is 9.96. The van der Waals surface area contributed by atoms with E-state index >= 15 is 0 Å². The molecule has 1 fully saturated rings. The maximum atomic E-state index is 12.3. The molecule has 0 aromatic heterocycles. The van der Waals surface area contributed by atoms with Gasteiger partial charge < -0.3 is 20.3 Å². The van der Waals surface area contributed by atoms with Crippen molar-refractivity contribution in [3.63, 3.8) is 0 Å². The van der Waals surface area contributed by atoms with Crippen molar-refractivity contribution in [2.24, 2.45) is 5.92 Å². The third-order valence-corrected chi connectivity index (χ3v) is 3.80. The molecular formula is C16H23N3O3. The summed E-state index contributed by atoms with van der Waals surface area (Å²) in [6.45, 7) is 3.69. The Morgan fingerprint density at radius 3 is 2.68 bits per heavy atom. The Morgan fingerprint density at radius 2 is 2.05 bits per heavy atom. The number of piperidine rings is 1. The van der Waals surface area contributed by atoms with E-state index in [1.54, 1.807) is 18.0 Å². The number of ether oxygens (including phenoxy) is 1. The number of hydrogen-bond acceptors (Lipinski definition) is 3. The minimum atomic E-state index is -0.135. The molecular weight excluding hydrogens is 282 g/mol. The van der Waals surface area contributed by atoms with Gasteiger partial charge in [0.25, 0.3) is 0 Å². The van der Waals surface area contributed by atoms with Gasteiger partial charge in [0, 0.05) is 37.8 Å². The van der Waals surface area contributed by atoms with Gasteiger partial charge in [0.1, 0.15) is 5.75 Å². The van der Waals surface area contributed by atoms with Gasteiger partial charge >= 0.3 is 6.03 Å². The first kappa shape index (κ1) is 16.1. The van der Waals surface area contributed by atoms with Crippen molar-refractivity contribution in [1.82, 2.24) is 10.2 Å². The Balaban J connectivity index is 1.88. The SMILES string of the molecule is CCOc1cccc(NC(=O)N2CCC(C(=O)NC)CC2)c1. The van der Waals surface area contributed by atoms with Gasteiger partial charge in [0.05, 0.1) is 6.61 Å². The molecule has 0 radical (unpaired) electrons. The number of nitrogens with zero attached hydrogens (tertiary/aromatic N) is 1. The summed E-state index contributed by atoms with van der Waals surface area (Å²) in [5.41, 5.74) is 0.712. The van der Waals surface area contributed by atoms with Crippen molar-refractivity contribution in [1.29, 1.82) is 0 Å². The third-order valence-electron chi connectivity index (χ3n) is 3.80. The van der Waals surface area contributed by atoms with Crippen LogP contribution < -0.4 is 15.4 Å². The van der Waals surface area contributed by atoms with Crippen LogP contribution in [0.4, 0.5) is 10.5 Å². The molecule has 3 amide bonds. The molecule has 0 aliphatic carbocycles. The zero-order valence-electron chi connectivity index (χ0n) is 13.1. The Morgan fingerprint density at radius 1 is 1.32 bits per heavy atom. The van der Waals surface area contributed by atoms with Crippen molar-refractivity contribution in [2.45, 2.75) is 19.8 Å². The Hall–Kier alpha value is -2.24. The van der Waals surface area contributed by atoms with Crippen molar-refractivity contribution in [3.05, 3.63) is 24.3 Å². The van der Waals surface area contributed by atoms with Gasteiger partial charge in [-0.1, -0.05) is 6.07 Å². The second-order valence-corrected chi connectivity index (χ2v) is 5.27. The van der Waals surface area contributed by atoms with Crippen LogP contribution in [0.1, 0.15) is 19.8 Å². The van der Waals surface area contributed by atoms with E-state index in [0.717, 1.165) is 5.75 Å². The third kappa shape index (κ3) is 4.13. The highest BCUT2D eigenvalue weighted by Gasteiger charge is 2.26. The lowest BCUT2D eigenvalue weighted by molar-refractivity contribution is -0.125. The van der Waals surface area contributed by atoms with Crippen LogP contribution in [0.25, 0.3) is 0 Å². The average molecular weight is 305 g/mol. The molecule has 0 bridgehead atoms. The zero-order valence-corrected chi connectivity index (χ0v) is 13.1. The van der Waals surface area contributed by atoms with Gasteiger partial charge in [-0.05, 0) is 31.9 Å². The summed E-state index contributed by atoms with van der Waals surface area (Å²) in [5.74, 6) is 0.804. The van der Waals surface area contributed by atoms with Crippen molar-refractivity contribution >= 4 is 17.6 Å². The molecule has 6 nitrogen and oxygen atoms in total. The molecule has 1 aliphatic rings. The highest BCUT2D eigenvalue weighted by Crippen LogP contribution is 2.20. The topological polar surface area (TPSA) is 70.7 Å². The van der Waals surface area contributed by atoms with Gasteiger partial charge in [-0.25, -0.2) is 4.79 Å². The molecule has 2 N–H and O–H groups in total. The van der Waals surface area contributed by atoms with Crippen LogP contribution in [0.3, 0.4) is 0 Å². The maximum absolute atomic E-state index is 12.3. The number of carbonyl (C=O) groups is 2. The van der Waals surface area contributed by atoms with Gasteiger partial charge in [-0.2, -0.15) is 0 Å². The molecule has 2 rings (SSSR count). The number of carbonyl (C=O) groups excluding carboxylic acids is 2. The first-order valence-corrected chi connectivity index (χ1v) is 7.64. The smallest absolute Gasteiger partial charge is 0.321 e. The second-order valence-electron chi connectivity index (χ2n) is 5.27. The molecule has 0 spiro atoms. The van der Waals surface area contributed by atoms with Gasteiger partial charge in [0.2, 0.25) is 5.91 Å². The fraction of sp³-hybridized carbons (Fsp3) is 0.500. The molecule has 1 heterocycles. The molecule has 1 aliphatic heterocycles. The summed E-state index contributed by atoms with van der Waals surface area (Å²) in [5, 5.41) is 5.54. The summed E-state index contributed by atoms with van der Waals surface area (Å²) < 4.78 is 5.42.